The minimum Gasteiger partial charge on any atom is -0.278 e. The molecule has 12 rings (SSSR count). The van der Waals surface area contributed by atoms with Crippen LogP contribution in [0.25, 0.3) is 81.2 Å². The summed E-state index contributed by atoms with van der Waals surface area (Å²) in [5, 5.41) is 5.93. The molecular formula is C51H31N3S. The molecule has 3 heterocycles. The quantitative estimate of drug-likeness (QED) is 0.181. The second-order valence-corrected chi connectivity index (χ2v) is 15.5. The number of nitrogens with zero attached hydrogens (tertiary/aromatic N) is 3. The van der Waals surface area contributed by atoms with Crippen LogP contribution in [0.15, 0.2) is 188 Å². The van der Waals surface area contributed by atoms with Crippen LogP contribution < -0.4 is 0 Å². The van der Waals surface area contributed by atoms with Crippen molar-refractivity contribution < 1.29 is 0 Å². The maximum absolute atomic E-state index is 5.57. The Morgan fingerprint density at radius 1 is 0.418 bits per heavy atom. The number of benzene rings is 8. The third-order valence-corrected chi connectivity index (χ3v) is 12.9. The van der Waals surface area contributed by atoms with Crippen LogP contribution in [-0.4, -0.2) is 14.5 Å². The number of thiophene rings is 1. The second-order valence-electron chi connectivity index (χ2n) is 14.5. The molecule has 0 spiro atoms. The highest BCUT2D eigenvalue weighted by Crippen LogP contribution is 2.56. The smallest absolute Gasteiger partial charge is 0.235 e. The SMILES string of the molecule is c1ccc(C2(c3ccc4c5ccccc5n(-c5nc(-c6cccc7c6sc6ccccc67)c6ccccc6n5)c4c3)c3ccccc3-c3ccccc32)cc1. The second kappa shape index (κ2) is 11.6. The minimum atomic E-state index is -0.518. The zero-order chi connectivity index (χ0) is 36.1. The molecule has 0 amide bonds. The fourth-order valence-corrected chi connectivity index (χ4v) is 10.7. The van der Waals surface area contributed by atoms with Gasteiger partial charge in [0.25, 0.3) is 0 Å². The van der Waals surface area contributed by atoms with Gasteiger partial charge in [0.2, 0.25) is 5.95 Å². The molecule has 11 aromatic rings. The molecule has 1 aliphatic rings. The van der Waals surface area contributed by atoms with Crippen molar-refractivity contribution in [3.8, 4) is 28.3 Å². The average Bonchev–Trinajstić information content (AvgIpc) is 3.90. The summed E-state index contributed by atoms with van der Waals surface area (Å²) in [5.41, 5.74) is 12.2. The van der Waals surface area contributed by atoms with E-state index < -0.39 is 5.41 Å². The molecule has 0 N–H and O–H groups in total. The van der Waals surface area contributed by atoms with Crippen LogP contribution in [0.4, 0.5) is 0 Å². The van der Waals surface area contributed by atoms with E-state index in [1.807, 2.05) is 11.3 Å². The average molecular weight is 718 g/mol. The Morgan fingerprint density at radius 2 is 1.04 bits per heavy atom. The van der Waals surface area contributed by atoms with Gasteiger partial charge < -0.3 is 0 Å². The Morgan fingerprint density at radius 3 is 1.85 bits per heavy atom. The summed E-state index contributed by atoms with van der Waals surface area (Å²) >= 11 is 1.84. The van der Waals surface area contributed by atoms with Gasteiger partial charge in [0.1, 0.15) is 0 Å². The van der Waals surface area contributed by atoms with Crippen molar-refractivity contribution >= 4 is 64.2 Å². The van der Waals surface area contributed by atoms with Gasteiger partial charge in [-0.3, -0.25) is 4.57 Å². The number of fused-ring (bicyclic) bond motifs is 10. The van der Waals surface area contributed by atoms with Crippen molar-refractivity contribution in [3.63, 3.8) is 0 Å². The van der Waals surface area contributed by atoms with Crippen LogP contribution >= 0.6 is 11.3 Å². The fraction of sp³-hybridized carbons (Fsp3) is 0.0196. The first-order chi connectivity index (χ1) is 27.3. The van der Waals surface area contributed by atoms with Gasteiger partial charge in [-0.1, -0.05) is 164 Å². The number of hydrogen-bond acceptors (Lipinski definition) is 3. The number of para-hydroxylation sites is 2. The van der Waals surface area contributed by atoms with E-state index in [2.05, 4.69) is 193 Å². The number of rotatable bonds is 4. The van der Waals surface area contributed by atoms with Crippen molar-refractivity contribution in [1.29, 1.82) is 0 Å². The molecule has 0 atom stereocenters. The van der Waals surface area contributed by atoms with Gasteiger partial charge in [0, 0.05) is 41.9 Å². The molecule has 8 aromatic carbocycles. The summed E-state index contributed by atoms with van der Waals surface area (Å²) in [7, 11) is 0. The lowest BCUT2D eigenvalue weighted by Gasteiger charge is -2.34. The van der Waals surface area contributed by atoms with Crippen molar-refractivity contribution in [2.45, 2.75) is 5.41 Å². The number of aromatic nitrogens is 3. The van der Waals surface area contributed by atoms with Crippen LogP contribution in [-0.2, 0) is 5.41 Å². The summed E-state index contributed by atoms with van der Waals surface area (Å²) in [6.45, 7) is 0. The van der Waals surface area contributed by atoms with E-state index in [1.165, 1.54) is 64.3 Å². The van der Waals surface area contributed by atoms with E-state index in [-0.39, 0.29) is 0 Å². The molecule has 0 radical (unpaired) electrons. The molecule has 4 heteroatoms. The first kappa shape index (κ1) is 30.6. The topological polar surface area (TPSA) is 30.7 Å². The van der Waals surface area contributed by atoms with Crippen LogP contribution in [0.5, 0.6) is 0 Å². The Labute approximate surface area is 321 Å². The van der Waals surface area contributed by atoms with Crippen LogP contribution in [0, 0.1) is 0 Å². The van der Waals surface area contributed by atoms with Crippen LogP contribution in [0.1, 0.15) is 22.3 Å². The van der Waals surface area contributed by atoms with E-state index in [0.29, 0.717) is 5.95 Å². The maximum Gasteiger partial charge on any atom is 0.235 e. The summed E-state index contributed by atoms with van der Waals surface area (Å²) in [6, 6.07) is 68.4. The monoisotopic (exact) mass is 717 g/mol. The molecular weight excluding hydrogens is 687 g/mol. The summed E-state index contributed by atoms with van der Waals surface area (Å²) in [6.07, 6.45) is 0. The standard InChI is InChI=1S/C51H31N3S/c1-2-15-32(16-3-1)51(42-24-9-4-17-34(42)35-18-5-10-25-43(35)51)33-29-30-37-36-19-7-12-27-45(36)54(46(37)31-33)50-52-44-26-11-6-21-40(44)48(53-50)41-23-14-22-39-38-20-8-13-28-47(38)55-49(39)41/h1-31H. The Bertz CT molecular complexity index is 3290. The van der Waals surface area contributed by atoms with Gasteiger partial charge in [-0.25, -0.2) is 9.97 Å². The summed E-state index contributed by atoms with van der Waals surface area (Å²) in [4.78, 5) is 10.9. The van der Waals surface area contributed by atoms with Gasteiger partial charge in [-0.2, -0.15) is 0 Å². The molecule has 0 aliphatic heterocycles. The first-order valence-electron chi connectivity index (χ1n) is 18.8. The van der Waals surface area contributed by atoms with Gasteiger partial charge in [0.15, 0.2) is 0 Å². The van der Waals surface area contributed by atoms with Crippen molar-refractivity contribution in [3.05, 3.63) is 210 Å². The van der Waals surface area contributed by atoms with Gasteiger partial charge in [-0.15, -0.1) is 11.3 Å². The minimum absolute atomic E-state index is 0.518. The molecule has 3 aromatic heterocycles. The highest BCUT2D eigenvalue weighted by atomic mass is 32.1. The Kier molecular flexibility index (Phi) is 6.42. The highest BCUT2D eigenvalue weighted by molar-refractivity contribution is 7.26. The van der Waals surface area contributed by atoms with Crippen LogP contribution in [0.2, 0.25) is 0 Å². The third kappa shape index (κ3) is 4.20. The molecule has 1 aliphatic carbocycles. The summed E-state index contributed by atoms with van der Waals surface area (Å²) < 4.78 is 4.81. The van der Waals surface area contributed by atoms with Gasteiger partial charge >= 0.3 is 0 Å². The molecule has 0 fully saturated rings. The van der Waals surface area contributed by atoms with E-state index >= 15 is 0 Å². The first-order valence-corrected chi connectivity index (χ1v) is 19.6. The maximum atomic E-state index is 5.57. The Balaban J connectivity index is 1.18. The van der Waals surface area contributed by atoms with Crippen molar-refractivity contribution in [1.82, 2.24) is 14.5 Å². The summed E-state index contributed by atoms with van der Waals surface area (Å²) in [5.74, 6) is 0.663. The predicted octanol–water partition coefficient (Wildman–Crippen LogP) is 13.1. The zero-order valence-electron chi connectivity index (χ0n) is 29.6. The van der Waals surface area contributed by atoms with Crippen molar-refractivity contribution in [2.75, 3.05) is 0 Å². The van der Waals surface area contributed by atoms with E-state index in [0.717, 1.165) is 33.2 Å². The fourth-order valence-electron chi connectivity index (χ4n) is 9.43. The molecule has 0 saturated heterocycles. The molecule has 3 nitrogen and oxygen atoms in total. The van der Waals surface area contributed by atoms with Gasteiger partial charge in [-0.05, 0) is 57.6 Å². The zero-order valence-corrected chi connectivity index (χ0v) is 30.5. The van der Waals surface area contributed by atoms with Crippen LogP contribution in [0.3, 0.4) is 0 Å². The molecule has 55 heavy (non-hydrogen) atoms. The lowest BCUT2D eigenvalue weighted by Crippen LogP contribution is -2.28. The largest absolute Gasteiger partial charge is 0.278 e. The molecule has 256 valence electrons. The molecule has 0 bridgehead atoms. The predicted molar refractivity (Wildman–Crippen MR) is 230 cm³/mol. The highest BCUT2D eigenvalue weighted by Gasteiger charge is 2.46. The lowest BCUT2D eigenvalue weighted by molar-refractivity contribution is 0.769. The lowest BCUT2D eigenvalue weighted by atomic mass is 9.67. The molecule has 0 unspecified atom stereocenters. The normalized spacial score (nSPS) is 13.2. The van der Waals surface area contributed by atoms with E-state index in [9.17, 15) is 0 Å². The third-order valence-electron chi connectivity index (χ3n) is 11.7. The number of hydrogen-bond donors (Lipinski definition) is 0. The molecule has 0 saturated carbocycles. The van der Waals surface area contributed by atoms with Crippen molar-refractivity contribution in [2.24, 2.45) is 0 Å². The Hall–Kier alpha value is -6.88. The van der Waals surface area contributed by atoms with Gasteiger partial charge in [0.05, 0.1) is 27.7 Å². The van der Waals surface area contributed by atoms with E-state index in [4.69, 9.17) is 9.97 Å². The van der Waals surface area contributed by atoms with E-state index in [1.54, 1.807) is 0 Å².